The van der Waals surface area contributed by atoms with Crippen molar-refractivity contribution in [3.63, 3.8) is 0 Å². The lowest BCUT2D eigenvalue weighted by Crippen LogP contribution is -2.34. The Morgan fingerprint density at radius 2 is 2.12 bits per heavy atom. The molecule has 1 amide bonds. The van der Waals surface area contributed by atoms with Crippen molar-refractivity contribution in [2.75, 3.05) is 13.1 Å². The zero-order chi connectivity index (χ0) is 12.3. The Bertz CT molecular complexity index is 377. The molecule has 17 heavy (non-hydrogen) atoms. The van der Waals surface area contributed by atoms with E-state index in [9.17, 15) is 4.79 Å². The Balaban J connectivity index is 1.85. The third-order valence-electron chi connectivity index (χ3n) is 3.54. The van der Waals surface area contributed by atoms with E-state index >= 15 is 0 Å². The molecule has 2 unspecified atom stereocenters. The van der Waals surface area contributed by atoms with E-state index in [1.165, 1.54) is 5.56 Å². The van der Waals surface area contributed by atoms with Gasteiger partial charge in [0.2, 0.25) is 5.91 Å². The van der Waals surface area contributed by atoms with Gasteiger partial charge in [-0.25, -0.2) is 0 Å². The molecule has 2 rings (SSSR count). The molecule has 1 aliphatic heterocycles. The molecule has 1 heterocycles. The van der Waals surface area contributed by atoms with Gasteiger partial charge >= 0.3 is 0 Å². The van der Waals surface area contributed by atoms with E-state index in [-0.39, 0.29) is 11.9 Å². The minimum atomic E-state index is -0.262. The molecule has 0 radical (unpaired) electrons. The summed E-state index contributed by atoms with van der Waals surface area (Å²) in [6, 6.07) is 10.2. The summed E-state index contributed by atoms with van der Waals surface area (Å²) in [4.78, 5) is 13.5. The lowest BCUT2D eigenvalue weighted by Gasteiger charge is -2.19. The van der Waals surface area contributed by atoms with E-state index in [2.05, 4.69) is 31.2 Å². The molecule has 1 aromatic carbocycles. The maximum absolute atomic E-state index is 11.7. The Kier molecular flexibility index (Phi) is 3.79. The van der Waals surface area contributed by atoms with Crippen LogP contribution < -0.4 is 5.73 Å². The van der Waals surface area contributed by atoms with Crippen LogP contribution in [0.3, 0.4) is 0 Å². The van der Waals surface area contributed by atoms with Gasteiger partial charge in [0.15, 0.2) is 0 Å². The average Bonchev–Trinajstić information content (AvgIpc) is 2.68. The number of benzene rings is 1. The molecule has 2 N–H and O–H groups in total. The van der Waals surface area contributed by atoms with Gasteiger partial charge in [-0.15, -0.1) is 0 Å². The highest BCUT2D eigenvalue weighted by molar-refractivity contribution is 5.83. The van der Waals surface area contributed by atoms with Gasteiger partial charge in [-0.1, -0.05) is 37.3 Å². The number of carbonyl (C=O) groups is 1. The highest BCUT2D eigenvalue weighted by Crippen LogP contribution is 2.20. The molecule has 3 nitrogen and oxygen atoms in total. The van der Waals surface area contributed by atoms with Crippen molar-refractivity contribution in [2.24, 2.45) is 5.73 Å². The van der Waals surface area contributed by atoms with Crippen LogP contribution in [0.4, 0.5) is 0 Å². The average molecular weight is 232 g/mol. The summed E-state index contributed by atoms with van der Waals surface area (Å²) in [7, 11) is 0. The maximum Gasteiger partial charge on any atom is 0.239 e. The summed E-state index contributed by atoms with van der Waals surface area (Å²) in [6.07, 6.45) is 1.81. The first-order valence-electron chi connectivity index (χ1n) is 6.28. The summed E-state index contributed by atoms with van der Waals surface area (Å²) in [5.74, 6) is 0.603. The van der Waals surface area contributed by atoms with Crippen molar-refractivity contribution in [1.82, 2.24) is 4.90 Å². The Morgan fingerprint density at radius 3 is 2.71 bits per heavy atom. The molecule has 0 aliphatic carbocycles. The third-order valence-corrected chi connectivity index (χ3v) is 3.54. The first-order valence-corrected chi connectivity index (χ1v) is 6.28. The smallest absolute Gasteiger partial charge is 0.239 e. The number of carbonyl (C=O) groups excluding carboxylic acids is 1. The second kappa shape index (κ2) is 5.32. The highest BCUT2D eigenvalue weighted by atomic mass is 16.2. The van der Waals surface area contributed by atoms with Crippen molar-refractivity contribution in [2.45, 2.75) is 31.7 Å². The Hall–Kier alpha value is -1.35. The number of nitrogens with zero attached hydrogens (tertiary/aromatic N) is 1. The van der Waals surface area contributed by atoms with Crippen LogP contribution in [0.25, 0.3) is 0 Å². The van der Waals surface area contributed by atoms with Gasteiger partial charge in [-0.05, 0) is 24.3 Å². The molecule has 0 bridgehead atoms. The summed E-state index contributed by atoms with van der Waals surface area (Å²) < 4.78 is 0. The van der Waals surface area contributed by atoms with E-state index in [1.807, 2.05) is 11.0 Å². The Labute approximate surface area is 103 Å². The van der Waals surface area contributed by atoms with Gasteiger partial charge in [0.1, 0.15) is 0 Å². The van der Waals surface area contributed by atoms with Crippen LogP contribution in [0.15, 0.2) is 30.3 Å². The summed E-state index contributed by atoms with van der Waals surface area (Å²) in [6.45, 7) is 3.85. The summed E-state index contributed by atoms with van der Waals surface area (Å²) >= 11 is 0. The summed E-state index contributed by atoms with van der Waals surface area (Å²) in [5.41, 5.74) is 7.03. The maximum atomic E-state index is 11.7. The number of likely N-dealkylation sites (tertiary alicyclic amines) is 1. The zero-order valence-corrected chi connectivity index (χ0v) is 10.3. The first-order chi connectivity index (χ1) is 8.18. The first kappa shape index (κ1) is 12.1. The predicted molar refractivity (Wildman–Crippen MR) is 68.6 cm³/mol. The molecule has 0 spiro atoms. The molecule has 92 valence electrons. The van der Waals surface area contributed by atoms with Crippen LogP contribution >= 0.6 is 0 Å². The number of hydrogen-bond donors (Lipinski definition) is 1. The van der Waals surface area contributed by atoms with Crippen molar-refractivity contribution in [1.29, 1.82) is 0 Å². The summed E-state index contributed by atoms with van der Waals surface area (Å²) in [5, 5.41) is 0. The molecule has 3 heteroatoms. The third kappa shape index (κ3) is 2.86. The zero-order valence-electron chi connectivity index (χ0n) is 10.3. The second-order valence-corrected chi connectivity index (χ2v) is 4.82. The van der Waals surface area contributed by atoms with Crippen molar-refractivity contribution in [3.05, 3.63) is 35.9 Å². The van der Waals surface area contributed by atoms with Gasteiger partial charge in [-0.2, -0.15) is 0 Å². The fourth-order valence-electron chi connectivity index (χ4n) is 2.28. The quantitative estimate of drug-likeness (QED) is 0.859. The van der Waals surface area contributed by atoms with Crippen LogP contribution in [-0.4, -0.2) is 29.9 Å². The van der Waals surface area contributed by atoms with Crippen molar-refractivity contribution in [3.8, 4) is 0 Å². The molecule has 0 aromatic heterocycles. The molecule has 1 fully saturated rings. The van der Waals surface area contributed by atoms with Crippen LogP contribution in [0.2, 0.25) is 0 Å². The Morgan fingerprint density at radius 1 is 1.41 bits per heavy atom. The topological polar surface area (TPSA) is 46.3 Å². The van der Waals surface area contributed by atoms with Crippen molar-refractivity contribution >= 4 is 5.91 Å². The normalized spacial score (nSPS) is 21.9. The molecular weight excluding hydrogens is 212 g/mol. The van der Waals surface area contributed by atoms with Crippen LogP contribution in [-0.2, 0) is 4.79 Å². The van der Waals surface area contributed by atoms with Gasteiger partial charge in [0.25, 0.3) is 0 Å². The fourth-order valence-corrected chi connectivity index (χ4v) is 2.28. The van der Waals surface area contributed by atoms with Gasteiger partial charge in [0.05, 0.1) is 6.04 Å². The molecule has 2 atom stereocenters. The number of nitrogens with two attached hydrogens (primary N) is 1. The van der Waals surface area contributed by atoms with E-state index in [0.29, 0.717) is 5.92 Å². The number of rotatable bonds is 4. The minimum absolute atomic E-state index is 0.116. The van der Waals surface area contributed by atoms with E-state index < -0.39 is 0 Å². The minimum Gasteiger partial charge on any atom is -0.341 e. The van der Waals surface area contributed by atoms with Crippen molar-refractivity contribution < 1.29 is 4.79 Å². The fraction of sp³-hybridized carbons (Fsp3) is 0.500. The van der Waals surface area contributed by atoms with Gasteiger partial charge in [0, 0.05) is 13.1 Å². The van der Waals surface area contributed by atoms with Crippen LogP contribution in [0, 0.1) is 0 Å². The molecule has 1 aromatic rings. The second-order valence-electron chi connectivity index (χ2n) is 4.82. The monoisotopic (exact) mass is 232 g/mol. The molecular formula is C14H20N2O. The van der Waals surface area contributed by atoms with E-state index in [0.717, 1.165) is 25.9 Å². The van der Waals surface area contributed by atoms with E-state index in [4.69, 9.17) is 5.73 Å². The largest absolute Gasteiger partial charge is 0.341 e. The lowest BCUT2D eigenvalue weighted by molar-refractivity contribution is -0.128. The van der Waals surface area contributed by atoms with Gasteiger partial charge in [-0.3, -0.25) is 4.79 Å². The highest BCUT2D eigenvalue weighted by Gasteiger charge is 2.28. The standard InChI is InChI=1S/C14H20N2O/c1-11(12-5-3-2-4-6-12)7-9-16-10-8-13(15)14(16)17/h2-6,11,13H,7-10,15H2,1H3. The molecule has 1 aliphatic rings. The van der Waals surface area contributed by atoms with Gasteiger partial charge < -0.3 is 10.6 Å². The van der Waals surface area contributed by atoms with Crippen LogP contribution in [0.1, 0.15) is 31.2 Å². The molecule has 1 saturated heterocycles. The molecule has 0 saturated carbocycles. The number of amides is 1. The SMILES string of the molecule is CC(CCN1CCC(N)C1=O)c1ccccc1. The van der Waals surface area contributed by atoms with Crippen LogP contribution in [0.5, 0.6) is 0 Å². The number of hydrogen-bond acceptors (Lipinski definition) is 2. The predicted octanol–water partition coefficient (Wildman–Crippen LogP) is 1.74. The lowest BCUT2D eigenvalue weighted by atomic mass is 9.98. The van der Waals surface area contributed by atoms with E-state index in [1.54, 1.807) is 0 Å².